The largest absolute Gasteiger partial charge is 0.472 e. The lowest BCUT2D eigenvalue weighted by molar-refractivity contribution is -0.161. The standard InChI is InChI=1S/C66H128O17P2/c1-5-9-13-17-21-24-26-28-30-31-33-35-37-41-45-49-53-66(71)83-62(57-77-64(69)51-47-43-40-36-34-32-29-27-25-22-18-14-10-6-2)59-81-85(74,75)79-55-60(67)54-78-84(72,73)80-58-61(56-76-63(68)50-46-42-38-20-16-12-8-4)82-65(70)52-48-44-39-23-19-15-11-7-3/h60-62,67H,5-59H2,1-4H3,(H,72,73)(H,74,75)/t60-,61+,62+/m0/s1. The van der Waals surface area contributed by atoms with Gasteiger partial charge in [-0.1, -0.05) is 291 Å². The lowest BCUT2D eigenvalue weighted by Crippen LogP contribution is -2.30. The van der Waals surface area contributed by atoms with Crippen molar-refractivity contribution in [1.29, 1.82) is 0 Å². The molecular formula is C66H128O17P2. The van der Waals surface area contributed by atoms with Gasteiger partial charge in [-0.2, -0.15) is 0 Å². The van der Waals surface area contributed by atoms with Gasteiger partial charge in [0.05, 0.1) is 26.4 Å². The molecule has 504 valence electrons. The molecule has 0 aliphatic rings. The number of carbonyl (C=O) groups excluding carboxylic acids is 4. The zero-order valence-corrected chi connectivity index (χ0v) is 56.4. The SMILES string of the molecule is CCCCCCCCCCCCCCCCCCC(=O)O[C@H](COC(=O)CCCCCCCCCCCCCCCC)COP(=O)(O)OC[C@@H](O)COP(=O)(O)OC[C@@H](COC(=O)CCCCCCCCC)OC(=O)CCCCCCCCCC. The van der Waals surface area contributed by atoms with E-state index < -0.39 is 97.5 Å². The molecule has 19 heteroatoms. The van der Waals surface area contributed by atoms with Gasteiger partial charge < -0.3 is 33.8 Å². The van der Waals surface area contributed by atoms with E-state index in [2.05, 4.69) is 27.7 Å². The van der Waals surface area contributed by atoms with E-state index in [1.807, 2.05) is 0 Å². The van der Waals surface area contributed by atoms with Gasteiger partial charge in [0.15, 0.2) is 12.2 Å². The molecular weight excluding hydrogens is 1130 g/mol. The van der Waals surface area contributed by atoms with Crippen molar-refractivity contribution in [2.75, 3.05) is 39.6 Å². The van der Waals surface area contributed by atoms with E-state index in [9.17, 15) is 43.2 Å². The highest BCUT2D eigenvalue weighted by Crippen LogP contribution is 2.45. The van der Waals surface area contributed by atoms with E-state index in [1.54, 1.807) is 0 Å². The Hall–Kier alpha value is -1.94. The van der Waals surface area contributed by atoms with Gasteiger partial charge in [-0.05, 0) is 25.7 Å². The van der Waals surface area contributed by atoms with E-state index in [1.165, 1.54) is 154 Å². The molecule has 0 saturated carbocycles. The Morgan fingerprint density at radius 2 is 0.471 bits per heavy atom. The van der Waals surface area contributed by atoms with Crippen LogP contribution in [0.5, 0.6) is 0 Å². The maximum absolute atomic E-state index is 13.0. The van der Waals surface area contributed by atoms with Crippen LogP contribution in [-0.2, 0) is 65.4 Å². The monoisotopic (exact) mass is 1250 g/mol. The van der Waals surface area contributed by atoms with Crippen molar-refractivity contribution in [2.45, 2.75) is 361 Å². The van der Waals surface area contributed by atoms with Crippen molar-refractivity contribution in [3.63, 3.8) is 0 Å². The van der Waals surface area contributed by atoms with Crippen LogP contribution in [0.4, 0.5) is 0 Å². The van der Waals surface area contributed by atoms with E-state index in [0.717, 1.165) is 109 Å². The summed E-state index contributed by atoms with van der Waals surface area (Å²) in [6.45, 7) is 4.85. The quantitative estimate of drug-likeness (QED) is 0.0222. The maximum Gasteiger partial charge on any atom is 0.472 e. The van der Waals surface area contributed by atoms with Crippen LogP contribution in [0.1, 0.15) is 342 Å². The van der Waals surface area contributed by atoms with Crippen LogP contribution >= 0.6 is 15.6 Å². The molecule has 0 amide bonds. The fraction of sp³-hybridized carbons (Fsp3) is 0.939. The van der Waals surface area contributed by atoms with Crippen LogP contribution < -0.4 is 0 Å². The third kappa shape index (κ3) is 60.7. The first-order valence-electron chi connectivity index (χ1n) is 34.8. The van der Waals surface area contributed by atoms with Crippen molar-refractivity contribution in [1.82, 2.24) is 0 Å². The predicted molar refractivity (Wildman–Crippen MR) is 340 cm³/mol. The number of aliphatic hydroxyl groups excluding tert-OH is 1. The van der Waals surface area contributed by atoms with E-state index >= 15 is 0 Å². The second-order valence-corrected chi connectivity index (χ2v) is 26.8. The topological polar surface area (TPSA) is 237 Å². The van der Waals surface area contributed by atoms with Gasteiger partial charge in [-0.3, -0.25) is 37.3 Å². The molecule has 0 aliphatic heterocycles. The van der Waals surface area contributed by atoms with Gasteiger partial charge in [0, 0.05) is 25.7 Å². The molecule has 5 atom stereocenters. The van der Waals surface area contributed by atoms with Gasteiger partial charge in [0.25, 0.3) is 0 Å². The van der Waals surface area contributed by atoms with Crippen LogP contribution in [0.2, 0.25) is 0 Å². The number of rotatable bonds is 67. The van der Waals surface area contributed by atoms with Crippen molar-refractivity contribution in [2.24, 2.45) is 0 Å². The molecule has 0 bridgehead atoms. The summed E-state index contributed by atoms with van der Waals surface area (Å²) < 4.78 is 67.9. The average molecular weight is 1260 g/mol. The molecule has 0 saturated heterocycles. The molecule has 0 fully saturated rings. The summed E-state index contributed by atoms with van der Waals surface area (Å²) in [5, 5.41) is 10.5. The minimum absolute atomic E-state index is 0.105. The first-order chi connectivity index (χ1) is 41.2. The molecule has 3 N–H and O–H groups in total. The summed E-state index contributed by atoms with van der Waals surface area (Å²) in [5.41, 5.74) is 0. The molecule has 85 heavy (non-hydrogen) atoms. The Bertz CT molecular complexity index is 1640. The number of phosphoric acid groups is 2. The first-order valence-corrected chi connectivity index (χ1v) is 37.8. The van der Waals surface area contributed by atoms with E-state index in [-0.39, 0.29) is 25.7 Å². The number of hydrogen-bond acceptors (Lipinski definition) is 15. The molecule has 0 spiro atoms. The summed E-state index contributed by atoms with van der Waals surface area (Å²) in [7, 11) is -9.88. The molecule has 0 aromatic carbocycles. The number of hydrogen-bond donors (Lipinski definition) is 3. The summed E-state index contributed by atoms with van der Waals surface area (Å²) in [6.07, 6.45) is 47.3. The normalized spacial score (nSPS) is 14.1. The predicted octanol–water partition coefficient (Wildman–Crippen LogP) is 18.7. The second-order valence-electron chi connectivity index (χ2n) is 23.9. The van der Waals surface area contributed by atoms with Gasteiger partial charge in [0.1, 0.15) is 19.3 Å². The molecule has 0 heterocycles. The molecule has 17 nitrogen and oxygen atoms in total. The van der Waals surface area contributed by atoms with Crippen LogP contribution in [0, 0.1) is 0 Å². The molecule has 0 aliphatic carbocycles. The van der Waals surface area contributed by atoms with Crippen molar-refractivity contribution < 1.29 is 80.2 Å². The second kappa shape index (κ2) is 60.9. The zero-order valence-electron chi connectivity index (χ0n) is 54.6. The Morgan fingerprint density at radius 1 is 0.282 bits per heavy atom. The smallest absolute Gasteiger partial charge is 0.462 e. The number of unbranched alkanes of at least 4 members (excludes halogenated alkanes) is 41. The molecule has 0 radical (unpaired) electrons. The highest BCUT2D eigenvalue weighted by atomic mass is 31.2. The van der Waals surface area contributed by atoms with Gasteiger partial charge in [-0.15, -0.1) is 0 Å². The summed E-state index contributed by atoms with van der Waals surface area (Å²) in [6, 6.07) is 0. The van der Waals surface area contributed by atoms with Crippen LogP contribution in [0.25, 0.3) is 0 Å². The van der Waals surface area contributed by atoms with Gasteiger partial charge in [0.2, 0.25) is 0 Å². The van der Waals surface area contributed by atoms with E-state index in [0.29, 0.717) is 25.7 Å². The minimum atomic E-state index is -4.94. The fourth-order valence-corrected chi connectivity index (χ4v) is 11.6. The van der Waals surface area contributed by atoms with E-state index in [4.69, 9.17) is 37.0 Å². The maximum atomic E-state index is 13.0. The highest BCUT2D eigenvalue weighted by Gasteiger charge is 2.30. The number of carbonyl (C=O) groups is 4. The number of aliphatic hydroxyl groups is 1. The number of esters is 4. The highest BCUT2D eigenvalue weighted by molar-refractivity contribution is 7.47. The summed E-state index contributed by atoms with van der Waals surface area (Å²) in [5.74, 6) is -2.13. The Kier molecular flexibility index (Phi) is 59.6. The summed E-state index contributed by atoms with van der Waals surface area (Å²) >= 11 is 0. The average Bonchev–Trinajstić information content (AvgIpc) is 3.56. The van der Waals surface area contributed by atoms with Crippen molar-refractivity contribution in [3.05, 3.63) is 0 Å². The Balaban J connectivity index is 5.18. The third-order valence-electron chi connectivity index (χ3n) is 15.4. The van der Waals surface area contributed by atoms with Crippen LogP contribution in [0.15, 0.2) is 0 Å². The van der Waals surface area contributed by atoms with Gasteiger partial charge >= 0.3 is 39.5 Å². The van der Waals surface area contributed by atoms with Crippen LogP contribution in [0.3, 0.4) is 0 Å². The summed E-state index contributed by atoms with van der Waals surface area (Å²) in [4.78, 5) is 72.1. The first kappa shape index (κ1) is 83.1. The third-order valence-corrected chi connectivity index (χ3v) is 17.3. The number of ether oxygens (including phenoxy) is 4. The fourth-order valence-electron chi connectivity index (χ4n) is 9.99. The molecule has 0 aromatic heterocycles. The Labute approximate surface area is 517 Å². The molecule has 0 rings (SSSR count). The Morgan fingerprint density at radius 3 is 0.694 bits per heavy atom. The van der Waals surface area contributed by atoms with Crippen molar-refractivity contribution in [3.8, 4) is 0 Å². The molecule has 0 aromatic rings. The minimum Gasteiger partial charge on any atom is -0.462 e. The van der Waals surface area contributed by atoms with Gasteiger partial charge in [-0.25, -0.2) is 9.13 Å². The van der Waals surface area contributed by atoms with Crippen LogP contribution in [-0.4, -0.2) is 96.7 Å². The zero-order chi connectivity index (χ0) is 62.6. The lowest BCUT2D eigenvalue weighted by Gasteiger charge is -2.21. The van der Waals surface area contributed by atoms with Crippen molar-refractivity contribution >= 4 is 39.5 Å². The molecule has 2 unspecified atom stereocenters. The lowest BCUT2D eigenvalue weighted by atomic mass is 10.0. The number of phosphoric ester groups is 2.